The number of hydrogen-bond acceptors (Lipinski definition) is 6. The average Bonchev–Trinajstić information content (AvgIpc) is 3.14. The first-order valence-electron chi connectivity index (χ1n) is 8.28. The number of carbonyl (C=O) groups is 1. The largest absolute Gasteiger partial charge is 0.462 e. The van der Waals surface area contributed by atoms with Gasteiger partial charge < -0.3 is 14.5 Å². The molecule has 24 heavy (non-hydrogen) atoms. The van der Waals surface area contributed by atoms with Gasteiger partial charge in [-0.3, -0.25) is 4.57 Å². The number of likely N-dealkylation sites (N-methyl/N-ethyl adjacent to an activating group) is 1. The highest BCUT2D eigenvalue weighted by molar-refractivity contribution is 5.96. The van der Waals surface area contributed by atoms with E-state index < -0.39 is 0 Å². The van der Waals surface area contributed by atoms with Gasteiger partial charge in [0, 0.05) is 31.9 Å². The van der Waals surface area contributed by atoms with Gasteiger partial charge in [0.25, 0.3) is 0 Å². The Morgan fingerprint density at radius 2 is 1.88 bits per heavy atom. The zero-order valence-corrected chi connectivity index (χ0v) is 14.2. The van der Waals surface area contributed by atoms with E-state index in [4.69, 9.17) is 4.74 Å². The molecule has 1 aliphatic rings. The molecule has 1 aliphatic heterocycles. The minimum atomic E-state index is -0.277. The number of hydrogen-bond donors (Lipinski definition) is 0. The van der Waals surface area contributed by atoms with Gasteiger partial charge in [-0.2, -0.15) is 0 Å². The SMILES string of the molecule is CCCOC(=O)c1cc(-n2cnnc2)ccc1N1CCN(C)CC1. The van der Waals surface area contributed by atoms with Crippen LogP contribution in [-0.2, 0) is 4.74 Å². The van der Waals surface area contributed by atoms with E-state index in [0.717, 1.165) is 44.0 Å². The fourth-order valence-electron chi connectivity index (χ4n) is 2.78. The molecule has 2 aromatic rings. The molecule has 2 heterocycles. The maximum absolute atomic E-state index is 12.6. The van der Waals surface area contributed by atoms with Gasteiger partial charge in [0.15, 0.2) is 0 Å². The molecule has 0 amide bonds. The van der Waals surface area contributed by atoms with Gasteiger partial charge in [-0.25, -0.2) is 4.79 Å². The number of piperazine rings is 1. The molecular formula is C17H23N5O2. The lowest BCUT2D eigenvalue weighted by molar-refractivity contribution is 0.0505. The van der Waals surface area contributed by atoms with Crippen LogP contribution in [0.4, 0.5) is 5.69 Å². The molecule has 0 N–H and O–H groups in total. The third kappa shape index (κ3) is 3.56. The quantitative estimate of drug-likeness (QED) is 0.776. The van der Waals surface area contributed by atoms with Gasteiger partial charge in [-0.15, -0.1) is 10.2 Å². The number of carbonyl (C=O) groups excluding carboxylic acids is 1. The van der Waals surface area contributed by atoms with Crippen molar-refractivity contribution in [1.29, 1.82) is 0 Å². The van der Waals surface area contributed by atoms with Gasteiger partial charge >= 0.3 is 5.97 Å². The second kappa shape index (κ2) is 7.44. The third-order valence-electron chi connectivity index (χ3n) is 4.20. The second-order valence-corrected chi connectivity index (χ2v) is 6.00. The molecule has 1 aromatic heterocycles. The summed E-state index contributed by atoms with van der Waals surface area (Å²) >= 11 is 0. The Bertz CT molecular complexity index is 678. The summed E-state index contributed by atoms with van der Waals surface area (Å²) in [4.78, 5) is 17.1. The lowest BCUT2D eigenvalue weighted by atomic mass is 10.1. The summed E-state index contributed by atoms with van der Waals surface area (Å²) in [5, 5.41) is 7.65. The van der Waals surface area contributed by atoms with E-state index in [1.165, 1.54) is 0 Å². The maximum atomic E-state index is 12.6. The maximum Gasteiger partial charge on any atom is 0.340 e. The van der Waals surface area contributed by atoms with Crippen LogP contribution in [0.5, 0.6) is 0 Å². The highest BCUT2D eigenvalue weighted by Gasteiger charge is 2.21. The van der Waals surface area contributed by atoms with Gasteiger partial charge in [0.1, 0.15) is 12.7 Å². The standard InChI is InChI=1S/C17H23N5O2/c1-3-10-24-17(23)15-11-14(22-12-18-19-13-22)4-5-16(15)21-8-6-20(2)7-9-21/h4-5,11-13H,3,6-10H2,1-2H3. The average molecular weight is 329 g/mol. The number of aromatic nitrogens is 3. The van der Waals surface area contributed by atoms with Crippen molar-refractivity contribution in [3.8, 4) is 5.69 Å². The fourth-order valence-corrected chi connectivity index (χ4v) is 2.78. The number of ether oxygens (including phenoxy) is 1. The minimum Gasteiger partial charge on any atom is -0.462 e. The van der Waals surface area contributed by atoms with Crippen molar-refractivity contribution in [3.63, 3.8) is 0 Å². The van der Waals surface area contributed by atoms with Crippen LogP contribution in [0.25, 0.3) is 5.69 Å². The normalized spacial score (nSPS) is 15.5. The van der Waals surface area contributed by atoms with Crippen LogP contribution in [0, 0.1) is 0 Å². The van der Waals surface area contributed by atoms with E-state index in [2.05, 4.69) is 27.0 Å². The Morgan fingerprint density at radius 3 is 2.54 bits per heavy atom. The van der Waals surface area contributed by atoms with Crippen LogP contribution in [-0.4, -0.2) is 65.5 Å². The molecule has 0 saturated carbocycles. The smallest absolute Gasteiger partial charge is 0.340 e. The predicted molar refractivity (Wildman–Crippen MR) is 91.6 cm³/mol. The topological polar surface area (TPSA) is 63.5 Å². The first-order valence-corrected chi connectivity index (χ1v) is 8.28. The molecule has 0 aliphatic carbocycles. The number of benzene rings is 1. The molecule has 0 unspecified atom stereocenters. The van der Waals surface area contributed by atoms with Crippen LogP contribution in [0.1, 0.15) is 23.7 Å². The van der Waals surface area contributed by atoms with E-state index in [9.17, 15) is 4.79 Å². The van der Waals surface area contributed by atoms with Crippen LogP contribution in [0.15, 0.2) is 30.9 Å². The third-order valence-corrected chi connectivity index (χ3v) is 4.20. The molecular weight excluding hydrogens is 306 g/mol. The molecule has 7 nitrogen and oxygen atoms in total. The fraction of sp³-hybridized carbons (Fsp3) is 0.471. The van der Waals surface area contributed by atoms with E-state index >= 15 is 0 Å². The molecule has 0 bridgehead atoms. The van der Waals surface area contributed by atoms with Crippen molar-refractivity contribution >= 4 is 11.7 Å². The van der Waals surface area contributed by atoms with E-state index in [1.54, 1.807) is 17.2 Å². The number of rotatable bonds is 5. The van der Waals surface area contributed by atoms with Crippen LogP contribution < -0.4 is 4.90 Å². The van der Waals surface area contributed by atoms with Gasteiger partial charge in [-0.05, 0) is 31.7 Å². The lowest BCUT2D eigenvalue weighted by Crippen LogP contribution is -2.45. The summed E-state index contributed by atoms with van der Waals surface area (Å²) in [6.07, 6.45) is 4.04. The first-order chi connectivity index (χ1) is 11.7. The van der Waals surface area contributed by atoms with Crippen LogP contribution in [0.2, 0.25) is 0 Å². The molecule has 0 atom stereocenters. The highest BCUT2D eigenvalue weighted by Crippen LogP contribution is 2.25. The Kier molecular flexibility index (Phi) is 5.10. The van der Waals surface area contributed by atoms with Crippen molar-refractivity contribution in [1.82, 2.24) is 19.7 Å². The Labute approximate surface area is 141 Å². The summed E-state index contributed by atoms with van der Waals surface area (Å²) in [5.74, 6) is -0.277. The zero-order chi connectivity index (χ0) is 16.9. The van der Waals surface area contributed by atoms with Crippen molar-refractivity contribution in [2.24, 2.45) is 0 Å². The van der Waals surface area contributed by atoms with Gasteiger partial charge in [-0.1, -0.05) is 6.92 Å². The Morgan fingerprint density at radius 1 is 1.17 bits per heavy atom. The summed E-state index contributed by atoms with van der Waals surface area (Å²) in [6, 6.07) is 5.83. The minimum absolute atomic E-state index is 0.277. The molecule has 1 fully saturated rings. The van der Waals surface area contributed by atoms with Gasteiger partial charge in [0.05, 0.1) is 17.9 Å². The lowest BCUT2D eigenvalue weighted by Gasteiger charge is -2.35. The first kappa shape index (κ1) is 16.4. The molecule has 7 heteroatoms. The number of anilines is 1. The van der Waals surface area contributed by atoms with Crippen molar-refractivity contribution < 1.29 is 9.53 Å². The van der Waals surface area contributed by atoms with Crippen molar-refractivity contribution in [2.45, 2.75) is 13.3 Å². The molecule has 128 valence electrons. The zero-order valence-electron chi connectivity index (χ0n) is 14.2. The predicted octanol–water partition coefficient (Wildman–Crippen LogP) is 1.59. The Balaban J connectivity index is 1.93. The number of nitrogens with zero attached hydrogens (tertiary/aromatic N) is 5. The van der Waals surface area contributed by atoms with Crippen molar-refractivity contribution in [3.05, 3.63) is 36.4 Å². The van der Waals surface area contributed by atoms with Crippen LogP contribution in [0.3, 0.4) is 0 Å². The monoisotopic (exact) mass is 329 g/mol. The van der Waals surface area contributed by atoms with Gasteiger partial charge in [0.2, 0.25) is 0 Å². The summed E-state index contributed by atoms with van der Waals surface area (Å²) in [7, 11) is 2.11. The van der Waals surface area contributed by atoms with E-state index in [-0.39, 0.29) is 5.97 Å². The molecule has 3 rings (SSSR count). The summed E-state index contributed by atoms with van der Waals surface area (Å²) < 4.78 is 7.17. The van der Waals surface area contributed by atoms with E-state index in [0.29, 0.717) is 12.2 Å². The molecule has 0 spiro atoms. The molecule has 1 saturated heterocycles. The molecule has 1 aromatic carbocycles. The second-order valence-electron chi connectivity index (χ2n) is 6.00. The summed E-state index contributed by atoms with van der Waals surface area (Å²) in [5.41, 5.74) is 2.38. The number of esters is 1. The van der Waals surface area contributed by atoms with E-state index in [1.807, 2.05) is 25.1 Å². The summed E-state index contributed by atoms with van der Waals surface area (Å²) in [6.45, 7) is 6.18. The van der Waals surface area contributed by atoms with Crippen LogP contribution >= 0.6 is 0 Å². The highest BCUT2D eigenvalue weighted by atomic mass is 16.5. The Hall–Kier alpha value is -2.41. The van der Waals surface area contributed by atoms with Crippen molar-refractivity contribution in [2.75, 3.05) is 44.7 Å². The molecule has 0 radical (unpaired) electrons.